The lowest BCUT2D eigenvalue weighted by molar-refractivity contribution is 0.271. The Hall–Kier alpha value is -1.80. The Kier molecular flexibility index (Phi) is 6.66. The van der Waals surface area contributed by atoms with Crippen LogP contribution in [0.15, 0.2) is 48.5 Å². The van der Waals surface area contributed by atoms with E-state index in [1.54, 1.807) is 0 Å². The average Bonchev–Trinajstić information content (AvgIpc) is 2.56. The van der Waals surface area contributed by atoms with Gasteiger partial charge in [-0.15, -0.1) is 0 Å². The first-order chi connectivity index (χ1) is 11.1. The Morgan fingerprint density at radius 1 is 0.957 bits per heavy atom. The van der Waals surface area contributed by atoms with Gasteiger partial charge in [0.05, 0.1) is 6.61 Å². The number of ether oxygens (including phenoxy) is 1. The summed E-state index contributed by atoms with van der Waals surface area (Å²) in [7, 11) is 0. The Balaban J connectivity index is 1.93. The molecule has 2 nitrogen and oxygen atoms in total. The summed E-state index contributed by atoms with van der Waals surface area (Å²) >= 11 is 0. The van der Waals surface area contributed by atoms with E-state index in [-0.39, 0.29) is 0 Å². The number of benzene rings is 2. The normalized spacial score (nSPS) is 12.4. The van der Waals surface area contributed by atoms with Crippen LogP contribution in [0.2, 0.25) is 0 Å². The third kappa shape index (κ3) is 5.72. The Morgan fingerprint density at radius 3 is 2.17 bits per heavy atom. The second-order valence-corrected chi connectivity index (χ2v) is 6.60. The van der Waals surface area contributed by atoms with E-state index in [0.717, 1.165) is 25.3 Å². The highest BCUT2D eigenvalue weighted by molar-refractivity contribution is 5.29. The molecule has 1 N–H and O–H groups in total. The summed E-state index contributed by atoms with van der Waals surface area (Å²) in [6, 6.07) is 17.6. The van der Waals surface area contributed by atoms with Crippen LogP contribution in [0.25, 0.3) is 0 Å². The third-order valence-electron chi connectivity index (χ3n) is 3.95. The van der Waals surface area contributed by atoms with Gasteiger partial charge in [0.2, 0.25) is 0 Å². The summed E-state index contributed by atoms with van der Waals surface area (Å²) in [5.74, 6) is 1.50. The largest absolute Gasteiger partial charge is 0.493 e. The first-order valence-electron chi connectivity index (χ1n) is 8.60. The summed E-state index contributed by atoms with van der Waals surface area (Å²) in [6.07, 6.45) is 1.07. The number of hydrogen-bond acceptors (Lipinski definition) is 2. The fourth-order valence-electron chi connectivity index (χ4n) is 2.50. The van der Waals surface area contributed by atoms with E-state index in [9.17, 15) is 0 Å². The Labute approximate surface area is 140 Å². The molecule has 0 saturated heterocycles. The summed E-state index contributed by atoms with van der Waals surface area (Å²) in [5, 5.41) is 3.65. The number of nitrogens with one attached hydrogen (secondary N) is 1. The molecule has 0 aliphatic rings. The molecule has 0 aliphatic carbocycles. The monoisotopic (exact) mass is 311 g/mol. The van der Waals surface area contributed by atoms with Gasteiger partial charge in [-0.1, -0.05) is 62.7 Å². The molecule has 124 valence electrons. The minimum atomic E-state index is 0.371. The molecule has 2 heteroatoms. The molecule has 2 aromatic carbocycles. The highest BCUT2D eigenvalue weighted by Crippen LogP contribution is 2.21. The van der Waals surface area contributed by atoms with E-state index in [0.29, 0.717) is 12.0 Å². The quantitative estimate of drug-likeness (QED) is 0.717. The van der Waals surface area contributed by atoms with E-state index in [2.05, 4.69) is 81.5 Å². The van der Waals surface area contributed by atoms with Gasteiger partial charge in [-0.3, -0.25) is 0 Å². The Morgan fingerprint density at radius 2 is 1.61 bits per heavy atom. The van der Waals surface area contributed by atoms with Crippen LogP contribution in [-0.4, -0.2) is 6.61 Å². The fourth-order valence-corrected chi connectivity index (χ4v) is 2.50. The minimum absolute atomic E-state index is 0.371. The molecule has 23 heavy (non-hydrogen) atoms. The molecule has 0 amide bonds. The number of hydrogen-bond donors (Lipinski definition) is 1. The van der Waals surface area contributed by atoms with Crippen molar-refractivity contribution in [1.82, 2.24) is 5.32 Å². The van der Waals surface area contributed by atoms with Gasteiger partial charge in [0.25, 0.3) is 0 Å². The minimum Gasteiger partial charge on any atom is -0.493 e. The van der Waals surface area contributed by atoms with Crippen LogP contribution >= 0.6 is 0 Å². The molecule has 0 aliphatic heterocycles. The second kappa shape index (κ2) is 8.73. The molecule has 0 aromatic heterocycles. The van der Waals surface area contributed by atoms with E-state index in [1.807, 2.05) is 0 Å². The Bertz CT molecular complexity index is 572. The van der Waals surface area contributed by atoms with E-state index in [4.69, 9.17) is 4.74 Å². The first-order valence-corrected chi connectivity index (χ1v) is 8.60. The van der Waals surface area contributed by atoms with E-state index in [1.165, 1.54) is 16.7 Å². The maximum atomic E-state index is 5.76. The molecule has 1 atom stereocenters. The highest BCUT2D eigenvalue weighted by Gasteiger charge is 2.09. The van der Waals surface area contributed by atoms with Gasteiger partial charge in [0.15, 0.2) is 0 Å². The molecule has 0 spiro atoms. The molecule has 0 heterocycles. The van der Waals surface area contributed by atoms with E-state index < -0.39 is 0 Å². The maximum absolute atomic E-state index is 5.76. The topological polar surface area (TPSA) is 21.3 Å². The van der Waals surface area contributed by atoms with Crippen molar-refractivity contribution in [1.29, 1.82) is 0 Å². The van der Waals surface area contributed by atoms with Gasteiger partial charge in [-0.05, 0) is 42.5 Å². The lowest BCUT2D eigenvalue weighted by atomic mass is 10.0. The summed E-state index contributed by atoms with van der Waals surface area (Å²) < 4.78 is 5.76. The van der Waals surface area contributed by atoms with Crippen LogP contribution in [0, 0.1) is 12.8 Å². The lowest BCUT2D eigenvalue weighted by Gasteiger charge is -2.18. The highest BCUT2D eigenvalue weighted by atomic mass is 16.5. The molecular formula is C21H29NO. The van der Waals surface area contributed by atoms with Crippen LogP contribution < -0.4 is 10.1 Å². The van der Waals surface area contributed by atoms with Crippen molar-refractivity contribution in [3.8, 4) is 5.75 Å². The molecule has 0 fully saturated rings. The van der Waals surface area contributed by atoms with Gasteiger partial charge in [-0.2, -0.15) is 0 Å². The zero-order valence-electron chi connectivity index (χ0n) is 14.8. The van der Waals surface area contributed by atoms with Crippen LogP contribution in [0.1, 0.15) is 49.9 Å². The first kappa shape index (κ1) is 17.6. The summed E-state index contributed by atoms with van der Waals surface area (Å²) in [5.41, 5.74) is 3.94. The zero-order chi connectivity index (χ0) is 16.7. The molecule has 2 rings (SSSR count). The number of aryl methyl sites for hydroxylation is 1. The lowest BCUT2D eigenvalue weighted by Crippen LogP contribution is -2.20. The molecule has 1 unspecified atom stereocenters. The van der Waals surface area contributed by atoms with Gasteiger partial charge < -0.3 is 10.1 Å². The van der Waals surface area contributed by atoms with Crippen molar-refractivity contribution >= 4 is 0 Å². The van der Waals surface area contributed by atoms with Gasteiger partial charge in [0.1, 0.15) is 5.75 Å². The van der Waals surface area contributed by atoms with E-state index >= 15 is 0 Å². The summed E-state index contributed by atoms with van der Waals surface area (Å²) in [6.45, 7) is 10.3. The van der Waals surface area contributed by atoms with Crippen LogP contribution in [0.5, 0.6) is 5.75 Å². The molecule has 0 saturated carbocycles. The molecular weight excluding hydrogens is 282 g/mol. The molecule has 2 aromatic rings. The van der Waals surface area contributed by atoms with Crippen LogP contribution in [0.3, 0.4) is 0 Å². The van der Waals surface area contributed by atoms with Crippen molar-refractivity contribution in [2.45, 2.75) is 46.7 Å². The molecule has 0 bridgehead atoms. The van der Waals surface area contributed by atoms with Crippen molar-refractivity contribution in [2.24, 2.45) is 5.92 Å². The fraction of sp³-hybridized carbons (Fsp3) is 0.429. The van der Waals surface area contributed by atoms with Gasteiger partial charge in [-0.25, -0.2) is 0 Å². The number of rotatable bonds is 8. The van der Waals surface area contributed by atoms with Crippen LogP contribution in [-0.2, 0) is 6.54 Å². The SMILES string of the molecule is CCC(NCc1ccc(C)cc1)c1ccc(OCC(C)C)cc1. The van der Waals surface area contributed by atoms with Crippen molar-refractivity contribution in [2.75, 3.05) is 6.61 Å². The van der Waals surface area contributed by atoms with Gasteiger partial charge in [0, 0.05) is 12.6 Å². The van der Waals surface area contributed by atoms with Crippen molar-refractivity contribution in [3.05, 3.63) is 65.2 Å². The average molecular weight is 311 g/mol. The predicted octanol–water partition coefficient (Wildman–Crippen LogP) is 5.27. The van der Waals surface area contributed by atoms with Crippen molar-refractivity contribution in [3.63, 3.8) is 0 Å². The molecule has 0 radical (unpaired) electrons. The second-order valence-electron chi connectivity index (χ2n) is 6.60. The van der Waals surface area contributed by atoms with Crippen LogP contribution in [0.4, 0.5) is 0 Å². The third-order valence-corrected chi connectivity index (χ3v) is 3.95. The predicted molar refractivity (Wildman–Crippen MR) is 97.8 cm³/mol. The van der Waals surface area contributed by atoms with Crippen molar-refractivity contribution < 1.29 is 4.74 Å². The summed E-state index contributed by atoms with van der Waals surface area (Å²) in [4.78, 5) is 0. The maximum Gasteiger partial charge on any atom is 0.119 e. The van der Waals surface area contributed by atoms with Gasteiger partial charge >= 0.3 is 0 Å². The standard InChI is InChI=1S/C21H29NO/c1-5-21(22-14-18-8-6-17(4)7-9-18)19-10-12-20(13-11-19)23-15-16(2)3/h6-13,16,21-22H,5,14-15H2,1-4H3. The smallest absolute Gasteiger partial charge is 0.119 e. The zero-order valence-corrected chi connectivity index (χ0v) is 14.8.